The molecule has 0 radical (unpaired) electrons. The molecular weight excluding hydrogens is 561 g/mol. The SMILES string of the molecule is CC(C)(C)[SiH2]OC(c1ccccc1)(c1ccccc1)[C@@H]1[C@@H](O)C[C@@H]1C(O[SiH2]C(C)(C)C)(c1ccccc1)c1ccccc1. The maximum atomic E-state index is 12.0. The van der Waals surface area contributed by atoms with Gasteiger partial charge in [0.25, 0.3) is 0 Å². The van der Waals surface area contributed by atoms with Gasteiger partial charge < -0.3 is 14.0 Å². The van der Waals surface area contributed by atoms with E-state index in [9.17, 15) is 5.11 Å². The Balaban J connectivity index is 1.79. The van der Waals surface area contributed by atoms with Crippen molar-refractivity contribution in [2.24, 2.45) is 11.8 Å². The van der Waals surface area contributed by atoms with E-state index in [2.05, 4.69) is 163 Å². The summed E-state index contributed by atoms with van der Waals surface area (Å²) in [5, 5.41) is 12.2. The van der Waals surface area contributed by atoms with E-state index in [4.69, 9.17) is 8.85 Å². The summed E-state index contributed by atoms with van der Waals surface area (Å²) in [6.07, 6.45) is 0.0839. The molecule has 226 valence electrons. The fourth-order valence-corrected chi connectivity index (χ4v) is 9.08. The largest absolute Gasteiger partial charge is 0.410 e. The van der Waals surface area contributed by atoms with E-state index in [1.807, 2.05) is 0 Å². The van der Waals surface area contributed by atoms with Crippen molar-refractivity contribution in [1.29, 1.82) is 0 Å². The van der Waals surface area contributed by atoms with E-state index >= 15 is 0 Å². The predicted octanol–water partition coefficient (Wildman–Crippen LogP) is 7.51. The highest BCUT2D eigenvalue weighted by molar-refractivity contribution is 6.32. The Morgan fingerprint density at radius 3 is 1.12 bits per heavy atom. The van der Waals surface area contributed by atoms with Crippen LogP contribution in [-0.4, -0.2) is 30.7 Å². The monoisotopic (exact) mass is 608 g/mol. The molecule has 3 nitrogen and oxygen atoms in total. The maximum absolute atomic E-state index is 12.0. The number of benzene rings is 4. The van der Waals surface area contributed by atoms with Gasteiger partial charge in [-0.05, 0) is 38.8 Å². The summed E-state index contributed by atoms with van der Waals surface area (Å²) in [7, 11) is -2.07. The van der Waals surface area contributed by atoms with Crippen molar-refractivity contribution in [2.45, 2.75) is 75.3 Å². The standard InChI is InChI=1S/C38H48O3Si2/c1-35(2,3)42-40-37(28-19-11-7-12-20-28,29-21-13-8-14-22-29)32-27-33(39)34(32)38(41-43-36(4,5)6,30-23-15-9-16-24-30)31-25-17-10-18-26-31/h7-26,32-34,39H,27,42-43H2,1-6H3/t32-,33-,34-/m0/s1. The van der Waals surface area contributed by atoms with Gasteiger partial charge in [0, 0.05) is 11.8 Å². The van der Waals surface area contributed by atoms with Crippen molar-refractivity contribution < 1.29 is 14.0 Å². The molecule has 3 atom stereocenters. The summed E-state index contributed by atoms with van der Waals surface area (Å²) in [5.74, 6) is -0.266. The lowest BCUT2D eigenvalue weighted by atomic mass is 9.52. The third-order valence-corrected chi connectivity index (χ3v) is 11.5. The van der Waals surface area contributed by atoms with Crippen LogP contribution < -0.4 is 0 Å². The van der Waals surface area contributed by atoms with Crippen LogP contribution in [0.4, 0.5) is 0 Å². The highest BCUT2D eigenvalue weighted by Gasteiger charge is 2.63. The van der Waals surface area contributed by atoms with Gasteiger partial charge in [-0.2, -0.15) is 0 Å². The topological polar surface area (TPSA) is 38.7 Å². The molecule has 4 aromatic rings. The molecule has 0 bridgehead atoms. The molecule has 5 rings (SSSR count). The minimum absolute atomic E-state index is 0.0310. The minimum atomic E-state index is -1.05. The van der Waals surface area contributed by atoms with E-state index in [1.54, 1.807) is 0 Å². The van der Waals surface area contributed by atoms with Gasteiger partial charge in [-0.15, -0.1) is 0 Å². The summed E-state index contributed by atoms with van der Waals surface area (Å²) < 4.78 is 14.9. The Labute approximate surface area is 263 Å². The number of rotatable bonds is 10. The molecule has 0 saturated heterocycles. The smallest absolute Gasteiger partial charge is 0.168 e. The van der Waals surface area contributed by atoms with Gasteiger partial charge in [-0.25, -0.2) is 0 Å². The van der Waals surface area contributed by atoms with E-state index in [-0.39, 0.29) is 21.9 Å². The van der Waals surface area contributed by atoms with Crippen LogP contribution in [0, 0.1) is 11.8 Å². The first-order chi connectivity index (χ1) is 20.5. The van der Waals surface area contributed by atoms with Crippen molar-refractivity contribution in [2.75, 3.05) is 0 Å². The van der Waals surface area contributed by atoms with Crippen LogP contribution >= 0.6 is 0 Å². The molecule has 0 aliphatic heterocycles. The first-order valence-corrected chi connectivity index (χ1v) is 18.2. The lowest BCUT2D eigenvalue weighted by molar-refractivity contribution is -0.181. The summed E-state index contributed by atoms with van der Waals surface area (Å²) in [5.41, 5.74) is 2.91. The van der Waals surface area contributed by atoms with Crippen LogP contribution in [0.1, 0.15) is 70.2 Å². The molecule has 5 heteroatoms. The number of aliphatic hydroxyl groups excluding tert-OH is 1. The third-order valence-electron chi connectivity index (χ3n) is 8.61. The van der Waals surface area contributed by atoms with E-state index < -0.39 is 36.8 Å². The molecule has 1 aliphatic carbocycles. The molecule has 0 spiro atoms. The second-order valence-corrected chi connectivity index (χ2v) is 20.0. The first-order valence-electron chi connectivity index (χ1n) is 15.7. The third kappa shape index (κ3) is 6.52. The van der Waals surface area contributed by atoms with Gasteiger partial charge in [0.05, 0.1) is 6.10 Å². The van der Waals surface area contributed by atoms with Gasteiger partial charge in [0.2, 0.25) is 0 Å². The molecule has 1 saturated carbocycles. The highest BCUT2D eigenvalue weighted by atomic mass is 28.2. The number of aliphatic hydroxyl groups is 1. The number of hydrogen-bond donors (Lipinski definition) is 1. The van der Waals surface area contributed by atoms with Crippen LogP contribution in [0.2, 0.25) is 10.1 Å². The minimum Gasteiger partial charge on any atom is -0.410 e. The number of hydrogen-bond acceptors (Lipinski definition) is 3. The van der Waals surface area contributed by atoms with E-state index in [1.165, 1.54) is 0 Å². The summed E-state index contributed by atoms with van der Waals surface area (Å²) in [6, 6.07) is 42.7. The molecule has 0 amide bonds. The zero-order valence-corrected chi connectivity index (χ0v) is 29.5. The fraction of sp³-hybridized carbons (Fsp3) is 0.368. The van der Waals surface area contributed by atoms with Gasteiger partial charge >= 0.3 is 0 Å². The van der Waals surface area contributed by atoms with Crippen LogP contribution in [-0.2, 0) is 20.1 Å². The second-order valence-electron chi connectivity index (χ2n) is 14.6. The lowest BCUT2D eigenvalue weighted by Gasteiger charge is -2.60. The van der Waals surface area contributed by atoms with Crippen molar-refractivity contribution in [3.05, 3.63) is 144 Å². The molecule has 4 aromatic carbocycles. The highest BCUT2D eigenvalue weighted by Crippen LogP contribution is 2.61. The van der Waals surface area contributed by atoms with Gasteiger partial charge in [0.15, 0.2) is 19.5 Å². The van der Waals surface area contributed by atoms with Crippen LogP contribution in [0.15, 0.2) is 121 Å². The fourth-order valence-electron chi connectivity index (χ4n) is 6.69. The van der Waals surface area contributed by atoms with Gasteiger partial charge in [0.1, 0.15) is 11.2 Å². The average Bonchev–Trinajstić information content (AvgIpc) is 3.00. The predicted molar refractivity (Wildman–Crippen MR) is 184 cm³/mol. The van der Waals surface area contributed by atoms with Crippen molar-refractivity contribution >= 4 is 19.5 Å². The summed E-state index contributed by atoms with van der Waals surface area (Å²) in [6.45, 7) is 13.6. The quantitative estimate of drug-likeness (QED) is 0.189. The van der Waals surface area contributed by atoms with E-state index in [0.29, 0.717) is 6.42 Å². The molecule has 0 unspecified atom stereocenters. The van der Waals surface area contributed by atoms with Crippen LogP contribution in [0.5, 0.6) is 0 Å². The molecule has 1 N–H and O–H groups in total. The Bertz CT molecular complexity index is 1350. The maximum Gasteiger partial charge on any atom is 0.168 e. The normalized spacial score (nSPS) is 20.1. The molecule has 43 heavy (non-hydrogen) atoms. The Morgan fingerprint density at radius 2 is 0.814 bits per heavy atom. The van der Waals surface area contributed by atoms with Crippen molar-refractivity contribution in [1.82, 2.24) is 0 Å². The first kappa shape index (κ1) is 31.6. The lowest BCUT2D eigenvalue weighted by Crippen LogP contribution is -2.63. The van der Waals surface area contributed by atoms with Gasteiger partial charge in [-0.1, -0.05) is 163 Å². The zero-order chi connectivity index (χ0) is 30.7. The second kappa shape index (κ2) is 12.7. The van der Waals surface area contributed by atoms with Crippen molar-refractivity contribution in [3.63, 3.8) is 0 Å². The van der Waals surface area contributed by atoms with E-state index in [0.717, 1.165) is 22.3 Å². The van der Waals surface area contributed by atoms with Crippen molar-refractivity contribution in [3.8, 4) is 0 Å². The van der Waals surface area contributed by atoms with Crippen LogP contribution in [0.25, 0.3) is 0 Å². The molecule has 0 heterocycles. The van der Waals surface area contributed by atoms with Crippen LogP contribution in [0.3, 0.4) is 0 Å². The Kier molecular flexibility index (Phi) is 9.31. The molecule has 1 fully saturated rings. The zero-order valence-electron chi connectivity index (χ0n) is 26.7. The summed E-state index contributed by atoms with van der Waals surface area (Å²) in [4.78, 5) is 0. The Morgan fingerprint density at radius 1 is 0.512 bits per heavy atom. The molecular formula is C38H48O3Si2. The molecule has 0 aromatic heterocycles. The summed E-state index contributed by atoms with van der Waals surface area (Å²) >= 11 is 0. The van der Waals surface area contributed by atoms with Gasteiger partial charge in [-0.3, -0.25) is 0 Å². The Hall–Kier alpha value is -2.81. The average molecular weight is 609 g/mol. The molecule has 1 aliphatic rings.